The summed E-state index contributed by atoms with van der Waals surface area (Å²) in [4.78, 5) is 27.3. The van der Waals surface area contributed by atoms with E-state index in [4.69, 9.17) is 0 Å². The first-order chi connectivity index (χ1) is 10.7. The second kappa shape index (κ2) is 5.53. The zero-order valence-corrected chi connectivity index (χ0v) is 13.0. The lowest BCUT2D eigenvalue weighted by atomic mass is 9.67. The molecule has 0 N–H and O–H groups in total. The Morgan fingerprint density at radius 2 is 1.77 bits per heavy atom. The van der Waals surface area contributed by atoms with E-state index in [2.05, 4.69) is 18.2 Å². The molecule has 0 saturated heterocycles. The lowest BCUT2D eigenvalue weighted by molar-refractivity contribution is -0.136. The van der Waals surface area contributed by atoms with Crippen molar-refractivity contribution >= 4 is 17.4 Å². The van der Waals surface area contributed by atoms with Gasteiger partial charge in [-0.25, -0.2) is 0 Å². The molecule has 2 saturated carbocycles. The number of aryl methyl sites for hydroxylation is 1. The molecule has 1 aliphatic heterocycles. The number of amides is 1. The van der Waals surface area contributed by atoms with E-state index >= 15 is 0 Å². The van der Waals surface area contributed by atoms with E-state index in [-0.39, 0.29) is 23.7 Å². The van der Waals surface area contributed by atoms with E-state index in [0.29, 0.717) is 5.78 Å². The maximum absolute atomic E-state index is 13.1. The van der Waals surface area contributed by atoms with Gasteiger partial charge in [-0.1, -0.05) is 24.6 Å². The molecule has 2 fully saturated rings. The maximum atomic E-state index is 13.1. The third-order valence-electron chi connectivity index (χ3n) is 5.77. The Hall–Kier alpha value is -1.64. The lowest BCUT2D eigenvalue weighted by Crippen LogP contribution is -2.45. The number of carbonyl (C=O) groups is 2. The van der Waals surface area contributed by atoms with E-state index in [9.17, 15) is 9.59 Å². The molecule has 22 heavy (non-hydrogen) atoms. The Kier molecular flexibility index (Phi) is 3.51. The number of ketones is 1. The summed E-state index contributed by atoms with van der Waals surface area (Å²) in [5.41, 5.74) is 2.38. The Morgan fingerprint density at radius 1 is 1.05 bits per heavy atom. The molecule has 4 rings (SSSR count). The summed E-state index contributed by atoms with van der Waals surface area (Å²) in [6, 6.07) is 8.27. The van der Waals surface area contributed by atoms with Crippen LogP contribution < -0.4 is 4.90 Å². The van der Waals surface area contributed by atoms with E-state index in [1.165, 1.54) is 5.56 Å². The molecule has 3 nitrogen and oxygen atoms in total. The second-order valence-electron chi connectivity index (χ2n) is 7.12. The van der Waals surface area contributed by atoms with Gasteiger partial charge in [0.15, 0.2) is 0 Å². The highest BCUT2D eigenvalue weighted by atomic mass is 16.2. The lowest BCUT2D eigenvalue weighted by Gasteiger charge is -2.40. The quantitative estimate of drug-likeness (QED) is 0.797. The van der Waals surface area contributed by atoms with Crippen LogP contribution in [-0.4, -0.2) is 18.2 Å². The van der Waals surface area contributed by atoms with E-state index < -0.39 is 0 Å². The molecule has 2 aliphatic carbocycles. The van der Waals surface area contributed by atoms with Gasteiger partial charge in [-0.05, 0) is 50.2 Å². The second-order valence-corrected chi connectivity index (χ2v) is 7.12. The van der Waals surface area contributed by atoms with Crippen molar-refractivity contribution in [2.75, 3.05) is 11.4 Å². The summed E-state index contributed by atoms with van der Waals surface area (Å²) in [7, 11) is 0. The average Bonchev–Trinajstić information content (AvgIpc) is 2.53. The molecule has 0 unspecified atom stereocenters. The standard InChI is InChI=1S/C19H23NO2/c21-18-14-6-3-7-15(18)12-16(11-14)19(22)20-10-4-8-13-5-1-2-9-17(13)20/h1-2,5,9,14-16H,3-4,6-8,10-12H2/t14-,15-/m0/s1. The van der Waals surface area contributed by atoms with Crippen LogP contribution in [0.1, 0.15) is 44.1 Å². The van der Waals surface area contributed by atoms with Gasteiger partial charge in [-0.3, -0.25) is 9.59 Å². The van der Waals surface area contributed by atoms with Crippen LogP contribution in [0.4, 0.5) is 5.69 Å². The van der Waals surface area contributed by atoms with Crippen LogP contribution >= 0.6 is 0 Å². The zero-order valence-electron chi connectivity index (χ0n) is 13.0. The van der Waals surface area contributed by atoms with Crippen molar-refractivity contribution in [3.63, 3.8) is 0 Å². The Labute approximate surface area is 131 Å². The Bertz CT molecular complexity index is 593. The number of carbonyl (C=O) groups excluding carboxylic acids is 2. The van der Waals surface area contributed by atoms with Crippen molar-refractivity contribution in [2.24, 2.45) is 17.8 Å². The predicted molar refractivity (Wildman–Crippen MR) is 85.7 cm³/mol. The van der Waals surface area contributed by atoms with Crippen LogP contribution in [0.5, 0.6) is 0 Å². The first kappa shape index (κ1) is 14.0. The molecule has 1 heterocycles. The van der Waals surface area contributed by atoms with Crippen LogP contribution in [0.25, 0.3) is 0 Å². The van der Waals surface area contributed by atoms with Gasteiger partial charge < -0.3 is 4.90 Å². The highest BCUT2D eigenvalue weighted by Gasteiger charge is 2.42. The molecular weight excluding hydrogens is 274 g/mol. The maximum Gasteiger partial charge on any atom is 0.230 e. The van der Waals surface area contributed by atoms with Crippen LogP contribution in [0.15, 0.2) is 24.3 Å². The Morgan fingerprint density at radius 3 is 2.55 bits per heavy atom. The predicted octanol–water partition coefficient (Wildman–Crippen LogP) is 3.36. The fraction of sp³-hybridized carbons (Fsp3) is 0.579. The monoisotopic (exact) mass is 297 g/mol. The van der Waals surface area contributed by atoms with Gasteiger partial charge in [0.2, 0.25) is 5.91 Å². The zero-order chi connectivity index (χ0) is 15.1. The molecule has 116 valence electrons. The number of hydrogen-bond donors (Lipinski definition) is 0. The van der Waals surface area contributed by atoms with Crippen molar-refractivity contribution in [1.29, 1.82) is 0 Å². The van der Waals surface area contributed by atoms with Crippen LogP contribution in [0.3, 0.4) is 0 Å². The fourth-order valence-electron chi connectivity index (χ4n) is 4.66. The number of hydrogen-bond acceptors (Lipinski definition) is 2. The molecule has 1 aromatic rings. The molecule has 0 aromatic heterocycles. The highest BCUT2D eigenvalue weighted by molar-refractivity contribution is 5.98. The largest absolute Gasteiger partial charge is 0.312 e. The van der Waals surface area contributed by atoms with Gasteiger partial charge in [0, 0.05) is 30.0 Å². The normalized spacial score (nSPS) is 30.8. The molecule has 1 amide bonds. The number of Topliss-reactive ketones (excluding diaryl/α,β-unsaturated/α-hetero) is 1. The Balaban J connectivity index is 1.57. The molecule has 3 heteroatoms. The highest BCUT2D eigenvalue weighted by Crippen LogP contribution is 2.41. The summed E-state index contributed by atoms with van der Waals surface area (Å²) in [6.45, 7) is 0.829. The summed E-state index contributed by atoms with van der Waals surface area (Å²) >= 11 is 0. The van der Waals surface area contributed by atoms with Gasteiger partial charge in [0.1, 0.15) is 5.78 Å². The molecule has 3 aliphatic rings. The minimum Gasteiger partial charge on any atom is -0.312 e. The number of para-hydroxylation sites is 1. The van der Waals surface area contributed by atoms with Gasteiger partial charge >= 0.3 is 0 Å². The van der Waals surface area contributed by atoms with Gasteiger partial charge in [-0.2, -0.15) is 0 Å². The third kappa shape index (κ3) is 2.27. The van der Waals surface area contributed by atoms with E-state index in [1.807, 2.05) is 11.0 Å². The van der Waals surface area contributed by atoms with Gasteiger partial charge in [0.25, 0.3) is 0 Å². The number of benzene rings is 1. The number of nitrogens with zero attached hydrogens (tertiary/aromatic N) is 1. The van der Waals surface area contributed by atoms with Crippen LogP contribution in [-0.2, 0) is 16.0 Å². The van der Waals surface area contributed by atoms with Crippen LogP contribution in [0, 0.1) is 17.8 Å². The number of rotatable bonds is 1. The van der Waals surface area contributed by atoms with Crippen molar-refractivity contribution in [3.05, 3.63) is 29.8 Å². The first-order valence-electron chi connectivity index (χ1n) is 8.67. The number of anilines is 1. The molecule has 2 bridgehead atoms. The average molecular weight is 297 g/mol. The SMILES string of the molecule is O=C1[C@H]2CCC[C@H]1CC(C(=O)N1CCCc3ccccc31)C2. The van der Waals surface area contributed by atoms with Crippen molar-refractivity contribution < 1.29 is 9.59 Å². The van der Waals surface area contributed by atoms with Crippen LogP contribution in [0.2, 0.25) is 0 Å². The first-order valence-corrected chi connectivity index (χ1v) is 8.67. The molecule has 0 radical (unpaired) electrons. The molecular formula is C19H23NO2. The minimum atomic E-state index is 0.0548. The fourth-order valence-corrected chi connectivity index (χ4v) is 4.66. The summed E-state index contributed by atoms with van der Waals surface area (Å²) in [5, 5.41) is 0. The van der Waals surface area contributed by atoms with E-state index in [1.54, 1.807) is 0 Å². The molecule has 0 spiro atoms. The van der Waals surface area contributed by atoms with Crippen molar-refractivity contribution in [1.82, 2.24) is 0 Å². The molecule has 2 atom stereocenters. The topological polar surface area (TPSA) is 37.4 Å². The summed E-state index contributed by atoms with van der Waals surface area (Å²) in [5.74, 6) is 1.06. The van der Waals surface area contributed by atoms with Crippen molar-refractivity contribution in [2.45, 2.75) is 44.9 Å². The van der Waals surface area contributed by atoms with Gasteiger partial charge in [0.05, 0.1) is 0 Å². The third-order valence-corrected chi connectivity index (χ3v) is 5.77. The number of fused-ring (bicyclic) bond motifs is 3. The summed E-state index contributed by atoms with van der Waals surface area (Å²) < 4.78 is 0. The minimum absolute atomic E-state index is 0.0548. The van der Waals surface area contributed by atoms with Gasteiger partial charge in [-0.15, -0.1) is 0 Å². The smallest absolute Gasteiger partial charge is 0.230 e. The van der Waals surface area contributed by atoms with Crippen molar-refractivity contribution in [3.8, 4) is 0 Å². The molecule has 1 aromatic carbocycles. The van der Waals surface area contributed by atoms with E-state index in [0.717, 1.165) is 57.2 Å². The summed E-state index contributed by atoms with van der Waals surface area (Å²) in [6.07, 6.45) is 6.83.